The number of halogens is 1. The van der Waals surface area contributed by atoms with Gasteiger partial charge in [-0.2, -0.15) is 0 Å². The van der Waals surface area contributed by atoms with Crippen molar-refractivity contribution in [3.8, 4) is 5.88 Å². The molecular weight excluding hydrogens is 275 g/mol. The molecule has 1 aromatic heterocycles. The van der Waals surface area contributed by atoms with Crippen LogP contribution in [0.1, 0.15) is 0 Å². The lowest BCUT2D eigenvalue weighted by Crippen LogP contribution is -1.96. The van der Waals surface area contributed by atoms with E-state index in [9.17, 15) is 10.1 Å². The monoisotopic (exact) mass is 280 g/mol. The molecule has 0 spiro atoms. The fraction of sp³-hybridized carbons (Fsp3) is 0.167. The third-order valence-electron chi connectivity index (χ3n) is 1.20. The van der Waals surface area contributed by atoms with Crippen LogP contribution in [-0.2, 0) is 0 Å². The van der Waals surface area contributed by atoms with Gasteiger partial charge in [0.05, 0.1) is 12.0 Å². The summed E-state index contributed by atoms with van der Waals surface area (Å²) in [5, 5.41) is 10.4. The van der Waals surface area contributed by atoms with Crippen LogP contribution < -0.4 is 4.74 Å². The smallest absolute Gasteiger partial charge is 0.331 e. The summed E-state index contributed by atoms with van der Waals surface area (Å²) in [7, 11) is 1.35. The van der Waals surface area contributed by atoms with Gasteiger partial charge in [0.15, 0.2) is 0 Å². The first-order chi connectivity index (χ1) is 5.65. The van der Waals surface area contributed by atoms with E-state index < -0.39 is 4.92 Å². The molecule has 0 aliphatic rings. The maximum absolute atomic E-state index is 10.4. The third kappa shape index (κ3) is 1.81. The molecule has 6 heteroatoms. The Kier molecular flexibility index (Phi) is 2.79. The highest BCUT2D eigenvalue weighted by Crippen LogP contribution is 2.24. The molecule has 0 aromatic carbocycles. The zero-order valence-corrected chi connectivity index (χ0v) is 8.31. The summed E-state index contributed by atoms with van der Waals surface area (Å²) in [6.45, 7) is 0. The number of ether oxygens (including phenoxy) is 1. The fourth-order valence-electron chi connectivity index (χ4n) is 0.700. The van der Waals surface area contributed by atoms with Crippen LogP contribution in [0.15, 0.2) is 12.1 Å². The average Bonchev–Trinajstić information content (AvgIpc) is 2.03. The van der Waals surface area contributed by atoms with Gasteiger partial charge in [-0.1, -0.05) is 0 Å². The molecule has 0 fully saturated rings. The van der Waals surface area contributed by atoms with Crippen molar-refractivity contribution in [2.24, 2.45) is 0 Å². The fourth-order valence-corrected chi connectivity index (χ4v) is 1.10. The maximum Gasteiger partial charge on any atom is 0.331 e. The molecule has 0 atom stereocenters. The van der Waals surface area contributed by atoms with Gasteiger partial charge in [0.2, 0.25) is 0 Å². The highest BCUT2D eigenvalue weighted by Gasteiger charge is 2.15. The predicted molar refractivity (Wildman–Crippen MR) is 50.2 cm³/mol. The van der Waals surface area contributed by atoms with E-state index >= 15 is 0 Å². The van der Waals surface area contributed by atoms with Crippen molar-refractivity contribution in [3.63, 3.8) is 0 Å². The summed E-state index contributed by atoms with van der Waals surface area (Å²) in [5.41, 5.74) is -0.113. The molecule has 1 aromatic rings. The Hall–Kier alpha value is -0.920. The van der Waals surface area contributed by atoms with Gasteiger partial charge in [0.1, 0.15) is 3.70 Å². The number of aromatic nitrogens is 1. The number of methoxy groups -OCH3 is 1. The number of nitrogens with zero attached hydrogens (tertiary/aromatic N) is 2. The molecule has 64 valence electrons. The van der Waals surface area contributed by atoms with Crippen molar-refractivity contribution in [3.05, 3.63) is 25.9 Å². The molecule has 1 rings (SSSR count). The van der Waals surface area contributed by atoms with Crippen LogP contribution in [0, 0.1) is 13.8 Å². The lowest BCUT2D eigenvalue weighted by Gasteiger charge is -1.99. The third-order valence-corrected chi connectivity index (χ3v) is 1.80. The van der Waals surface area contributed by atoms with Crippen molar-refractivity contribution in [2.75, 3.05) is 7.11 Å². The normalized spacial score (nSPS) is 9.50. The van der Waals surface area contributed by atoms with E-state index in [1.807, 2.05) is 22.6 Å². The molecule has 12 heavy (non-hydrogen) atoms. The second-order valence-corrected chi connectivity index (χ2v) is 3.02. The largest absolute Gasteiger partial charge is 0.476 e. The van der Waals surface area contributed by atoms with Crippen molar-refractivity contribution < 1.29 is 9.66 Å². The van der Waals surface area contributed by atoms with Gasteiger partial charge in [0.25, 0.3) is 5.88 Å². The number of hydrogen-bond acceptors (Lipinski definition) is 4. The van der Waals surface area contributed by atoms with Crippen molar-refractivity contribution in [1.29, 1.82) is 0 Å². The summed E-state index contributed by atoms with van der Waals surface area (Å²) in [6.07, 6.45) is 0. The Morgan fingerprint density at radius 2 is 2.33 bits per heavy atom. The highest BCUT2D eigenvalue weighted by atomic mass is 127. The molecule has 0 bridgehead atoms. The Labute approximate surface area is 82.0 Å². The first kappa shape index (κ1) is 9.17. The summed E-state index contributed by atoms with van der Waals surface area (Å²) in [4.78, 5) is 13.7. The van der Waals surface area contributed by atoms with E-state index in [1.54, 1.807) is 6.07 Å². The molecule has 0 amide bonds. The average molecular weight is 280 g/mol. The van der Waals surface area contributed by atoms with Crippen LogP contribution in [0.5, 0.6) is 5.88 Å². The molecule has 0 unspecified atom stereocenters. The van der Waals surface area contributed by atoms with Gasteiger partial charge in [-0.3, -0.25) is 10.1 Å². The van der Waals surface area contributed by atoms with Gasteiger partial charge in [0, 0.05) is 6.07 Å². The van der Waals surface area contributed by atoms with Gasteiger partial charge in [-0.05, 0) is 28.7 Å². The molecule has 0 aliphatic heterocycles. The zero-order valence-electron chi connectivity index (χ0n) is 6.15. The van der Waals surface area contributed by atoms with Crippen LogP contribution in [0.3, 0.4) is 0 Å². The summed E-state index contributed by atoms with van der Waals surface area (Å²) >= 11 is 1.96. The first-order valence-electron chi connectivity index (χ1n) is 3.00. The number of rotatable bonds is 2. The van der Waals surface area contributed by atoms with E-state index in [1.165, 1.54) is 13.2 Å². The van der Waals surface area contributed by atoms with Crippen LogP contribution in [0.2, 0.25) is 0 Å². The van der Waals surface area contributed by atoms with Gasteiger partial charge < -0.3 is 4.74 Å². The quantitative estimate of drug-likeness (QED) is 0.357. The number of pyridine rings is 1. The minimum atomic E-state index is -0.526. The van der Waals surface area contributed by atoms with E-state index in [4.69, 9.17) is 4.74 Å². The van der Waals surface area contributed by atoms with Crippen molar-refractivity contribution >= 4 is 28.3 Å². The summed E-state index contributed by atoms with van der Waals surface area (Å²) in [6, 6.07) is 2.93. The SMILES string of the molecule is COc1nc(I)ccc1[N+](=O)[O-]. The predicted octanol–water partition coefficient (Wildman–Crippen LogP) is 1.60. The topological polar surface area (TPSA) is 65.3 Å². The van der Waals surface area contributed by atoms with Crippen LogP contribution >= 0.6 is 22.6 Å². The minimum Gasteiger partial charge on any atom is -0.476 e. The molecule has 5 nitrogen and oxygen atoms in total. The molecule has 0 radical (unpaired) electrons. The molecule has 0 saturated heterocycles. The molecule has 1 heterocycles. The zero-order chi connectivity index (χ0) is 9.14. The minimum absolute atomic E-state index is 0.0481. The second kappa shape index (κ2) is 3.65. The van der Waals surface area contributed by atoms with E-state index in [-0.39, 0.29) is 11.6 Å². The van der Waals surface area contributed by atoms with E-state index in [0.29, 0.717) is 3.70 Å². The van der Waals surface area contributed by atoms with Crippen LogP contribution in [0.25, 0.3) is 0 Å². The molecule has 0 N–H and O–H groups in total. The number of hydrogen-bond donors (Lipinski definition) is 0. The van der Waals surface area contributed by atoms with Gasteiger partial charge in [-0.15, -0.1) is 0 Å². The Morgan fingerprint density at radius 3 is 2.83 bits per heavy atom. The molecule has 0 saturated carbocycles. The van der Waals surface area contributed by atoms with Gasteiger partial charge in [-0.25, -0.2) is 4.98 Å². The lowest BCUT2D eigenvalue weighted by molar-refractivity contribution is -0.386. The molecule has 0 aliphatic carbocycles. The van der Waals surface area contributed by atoms with E-state index in [2.05, 4.69) is 4.98 Å². The van der Waals surface area contributed by atoms with Crippen LogP contribution in [-0.4, -0.2) is 17.0 Å². The first-order valence-corrected chi connectivity index (χ1v) is 4.08. The van der Waals surface area contributed by atoms with Gasteiger partial charge >= 0.3 is 5.69 Å². The Bertz CT molecular complexity index is 316. The lowest BCUT2D eigenvalue weighted by atomic mass is 10.4. The summed E-state index contributed by atoms with van der Waals surface area (Å²) < 4.78 is 5.39. The Morgan fingerprint density at radius 1 is 1.67 bits per heavy atom. The van der Waals surface area contributed by atoms with E-state index in [0.717, 1.165) is 0 Å². The second-order valence-electron chi connectivity index (χ2n) is 1.92. The maximum atomic E-state index is 10.4. The number of nitro groups is 1. The summed E-state index contributed by atoms with van der Waals surface area (Å²) in [5.74, 6) is 0.0481. The Balaban J connectivity index is 3.20. The van der Waals surface area contributed by atoms with Crippen molar-refractivity contribution in [1.82, 2.24) is 4.98 Å². The van der Waals surface area contributed by atoms with Crippen LogP contribution in [0.4, 0.5) is 5.69 Å². The highest BCUT2D eigenvalue weighted by molar-refractivity contribution is 14.1. The standard InChI is InChI=1S/C6H5IN2O3/c1-12-6-4(9(10)11)2-3-5(7)8-6/h2-3H,1H3. The molecular formula is C6H5IN2O3. The van der Waals surface area contributed by atoms with Crippen molar-refractivity contribution in [2.45, 2.75) is 0 Å².